The van der Waals surface area contributed by atoms with E-state index in [0.29, 0.717) is 18.6 Å². The number of carboxylic acids is 1. The first-order valence-corrected chi connectivity index (χ1v) is 6.87. The molecule has 0 saturated heterocycles. The molecular weight excluding hydrogens is 260 g/mol. The Bertz CT molecular complexity index is 444. The predicted octanol–water partition coefficient (Wildman–Crippen LogP) is 2.72. The predicted molar refractivity (Wildman–Crippen MR) is 74.9 cm³/mol. The Morgan fingerprint density at radius 2 is 2.05 bits per heavy atom. The highest BCUT2D eigenvalue weighted by molar-refractivity contribution is 5.71. The number of ether oxygens (including phenoxy) is 1. The second-order valence-electron chi connectivity index (χ2n) is 4.69. The minimum absolute atomic E-state index is 0.0248. The van der Waals surface area contributed by atoms with Gasteiger partial charge in [0.1, 0.15) is 0 Å². The smallest absolute Gasteiger partial charge is 0.309 e. The largest absolute Gasteiger partial charge is 0.504 e. The van der Waals surface area contributed by atoms with Gasteiger partial charge in [0, 0.05) is 0 Å². The zero-order valence-corrected chi connectivity index (χ0v) is 11.9. The van der Waals surface area contributed by atoms with Crippen LogP contribution >= 0.6 is 0 Å². The van der Waals surface area contributed by atoms with Crippen LogP contribution in [-0.4, -0.2) is 27.9 Å². The molecule has 0 aliphatic carbocycles. The Labute approximate surface area is 118 Å². The third-order valence-corrected chi connectivity index (χ3v) is 3.19. The molecule has 0 heterocycles. The Kier molecular flexibility index (Phi) is 6.31. The van der Waals surface area contributed by atoms with Crippen LogP contribution in [0.15, 0.2) is 18.2 Å². The molecule has 0 bridgehead atoms. The van der Waals surface area contributed by atoms with Gasteiger partial charge in [-0.1, -0.05) is 25.8 Å². The highest BCUT2D eigenvalue weighted by Crippen LogP contribution is 2.33. The molecule has 0 aromatic heterocycles. The number of hydrogen-bond donors (Lipinski definition) is 3. The molecular formula is C15H22O5. The van der Waals surface area contributed by atoms with E-state index in [1.54, 1.807) is 6.92 Å². The number of phenolic OH excluding ortho intramolecular Hbond substituents is 1. The Morgan fingerprint density at radius 3 is 2.60 bits per heavy atom. The summed E-state index contributed by atoms with van der Waals surface area (Å²) in [5, 5.41) is 29.1. The number of aliphatic hydroxyl groups is 1. The number of hydrogen-bond acceptors (Lipinski definition) is 4. The first-order valence-electron chi connectivity index (χ1n) is 6.87. The van der Waals surface area contributed by atoms with Crippen LogP contribution in [0.25, 0.3) is 0 Å². The number of aromatic hydroxyl groups is 1. The van der Waals surface area contributed by atoms with Crippen LogP contribution in [-0.2, 0) is 4.79 Å². The Hall–Kier alpha value is -1.75. The molecule has 0 amide bonds. The van der Waals surface area contributed by atoms with E-state index in [-0.39, 0.29) is 11.5 Å². The van der Waals surface area contributed by atoms with E-state index in [1.807, 2.05) is 6.92 Å². The Morgan fingerprint density at radius 1 is 1.35 bits per heavy atom. The molecule has 0 saturated carbocycles. The van der Waals surface area contributed by atoms with E-state index in [9.17, 15) is 20.1 Å². The quantitative estimate of drug-likeness (QED) is 0.682. The zero-order chi connectivity index (χ0) is 15.1. The molecule has 2 atom stereocenters. The van der Waals surface area contributed by atoms with Crippen molar-refractivity contribution in [2.45, 2.75) is 39.2 Å². The summed E-state index contributed by atoms with van der Waals surface area (Å²) in [6, 6.07) is 4.41. The molecule has 20 heavy (non-hydrogen) atoms. The maximum Gasteiger partial charge on any atom is 0.309 e. The summed E-state index contributed by atoms with van der Waals surface area (Å²) < 4.78 is 5.24. The van der Waals surface area contributed by atoms with Gasteiger partial charge >= 0.3 is 5.97 Å². The summed E-state index contributed by atoms with van der Waals surface area (Å²) in [7, 11) is 0. The lowest BCUT2D eigenvalue weighted by atomic mass is 9.91. The van der Waals surface area contributed by atoms with Crippen LogP contribution in [0, 0.1) is 5.92 Å². The number of phenols is 1. The van der Waals surface area contributed by atoms with Gasteiger partial charge in [0.05, 0.1) is 18.6 Å². The lowest BCUT2D eigenvalue weighted by Gasteiger charge is -2.20. The number of unbranched alkanes of at least 4 members (excludes halogenated alkanes) is 1. The molecule has 5 nitrogen and oxygen atoms in total. The van der Waals surface area contributed by atoms with Crippen LogP contribution in [0.1, 0.15) is 44.8 Å². The van der Waals surface area contributed by atoms with Crippen molar-refractivity contribution < 1.29 is 24.9 Å². The fourth-order valence-corrected chi connectivity index (χ4v) is 2.06. The van der Waals surface area contributed by atoms with Gasteiger partial charge in [-0.15, -0.1) is 0 Å². The van der Waals surface area contributed by atoms with Gasteiger partial charge in [-0.2, -0.15) is 0 Å². The van der Waals surface area contributed by atoms with Gasteiger partial charge in [-0.25, -0.2) is 0 Å². The lowest BCUT2D eigenvalue weighted by molar-refractivity contribution is -0.146. The summed E-state index contributed by atoms with van der Waals surface area (Å²) in [6.07, 6.45) is 0.914. The maximum atomic E-state index is 11.3. The molecule has 0 spiro atoms. The minimum atomic E-state index is -1.11. The zero-order valence-electron chi connectivity index (χ0n) is 11.9. The first-order chi connectivity index (χ1) is 9.51. The van der Waals surface area contributed by atoms with Crippen LogP contribution in [0.2, 0.25) is 0 Å². The molecule has 0 aliphatic rings. The van der Waals surface area contributed by atoms with Gasteiger partial charge in [0.15, 0.2) is 11.5 Å². The van der Waals surface area contributed by atoms with E-state index in [4.69, 9.17) is 4.74 Å². The molecule has 5 heteroatoms. The highest BCUT2D eigenvalue weighted by atomic mass is 16.5. The SMILES string of the molecule is CCCCC(C(=O)O)C(O)c1ccc(O)c(OCC)c1. The average molecular weight is 282 g/mol. The summed E-state index contributed by atoms with van der Waals surface area (Å²) in [5.74, 6) is -1.64. The molecule has 1 aromatic carbocycles. The van der Waals surface area contributed by atoms with Crippen molar-refractivity contribution in [3.63, 3.8) is 0 Å². The van der Waals surface area contributed by atoms with E-state index >= 15 is 0 Å². The normalized spacial score (nSPS) is 13.8. The maximum absolute atomic E-state index is 11.3. The standard InChI is InChI=1S/C15H22O5/c1-3-5-6-11(15(18)19)14(17)10-7-8-12(16)13(9-10)20-4-2/h7-9,11,14,16-17H,3-6H2,1-2H3,(H,18,19). The second-order valence-corrected chi connectivity index (χ2v) is 4.69. The number of benzene rings is 1. The molecule has 0 aliphatic heterocycles. The number of carboxylic acid groups (broad SMARTS) is 1. The van der Waals surface area contributed by atoms with Crippen LogP contribution in [0.5, 0.6) is 11.5 Å². The Balaban J connectivity index is 2.95. The summed E-state index contributed by atoms with van der Waals surface area (Å²) >= 11 is 0. The van der Waals surface area contributed by atoms with Gasteiger partial charge in [-0.3, -0.25) is 4.79 Å². The molecule has 3 N–H and O–H groups in total. The van der Waals surface area contributed by atoms with E-state index in [0.717, 1.165) is 12.8 Å². The topological polar surface area (TPSA) is 87.0 Å². The number of aliphatic carboxylic acids is 1. The van der Waals surface area contributed by atoms with Crippen LogP contribution in [0.3, 0.4) is 0 Å². The van der Waals surface area contributed by atoms with Gasteiger partial charge < -0.3 is 20.1 Å². The van der Waals surface area contributed by atoms with Gasteiger partial charge in [0.2, 0.25) is 0 Å². The van der Waals surface area contributed by atoms with Crippen molar-refractivity contribution in [2.75, 3.05) is 6.61 Å². The first kappa shape index (κ1) is 16.3. The number of carbonyl (C=O) groups is 1. The van der Waals surface area contributed by atoms with Crippen LogP contribution < -0.4 is 4.74 Å². The van der Waals surface area contributed by atoms with Crippen molar-refractivity contribution >= 4 is 5.97 Å². The highest BCUT2D eigenvalue weighted by Gasteiger charge is 2.27. The fraction of sp³-hybridized carbons (Fsp3) is 0.533. The fourth-order valence-electron chi connectivity index (χ4n) is 2.06. The number of rotatable bonds is 8. The third kappa shape index (κ3) is 4.13. The molecule has 0 fully saturated rings. The van der Waals surface area contributed by atoms with E-state index < -0.39 is 18.0 Å². The summed E-state index contributed by atoms with van der Waals surface area (Å²) in [4.78, 5) is 11.3. The second kappa shape index (κ2) is 7.75. The minimum Gasteiger partial charge on any atom is -0.504 e. The van der Waals surface area contributed by atoms with Gasteiger partial charge in [0.25, 0.3) is 0 Å². The number of aliphatic hydroxyl groups excluding tert-OH is 1. The van der Waals surface area contributed by atoms with Crippen molar-refractivity contribution in [3.8, 4) is 11.5 Å². The van der Waals surface area contributed by atoms with Crippen molar-refractivity contribution in [3.05, 3.63) is 23.8 Å². The van der Waals surface area contributed by atoms with Crippen molar-refractivity contribution in [2.24, 2.45) is 5.92 Å². The molecule has 112 valence electrons. The lowest BCUT2D eigenvalue weighted by Crippen LogP contribution is -2.22. The summed E-state index contributed by atoms with van der Waals surface area (Å²) in [5.41, 5.74) is 0.440. The van der Waals surface area contributed by atoms with Gasteiger partial charge in [-0.05, 0) is 31.0 Å². The average Bonchev–Trinajstić information content (AvgIpc) is 2.41. The molecule has 0 radical (unpaired) electrons. The van der Waals surface area contributed by atoms with E-state index in [1.165, 1.54) is 18.2 Å². The molecule has 2 unspecified atom stereocenters. The van der Waals surface area contributed by atoms with Crippen molar-refractivity contribution in [1.82, 2.24) is 0 Å². The molecule has 1 aromatic rings. The summed E-state index contributed by atoms with van der Waals surface area (Å²) in [6.45, 7) is 4.13. The molecule has 1 rings (SSSR count). The van der Waals surface area contributed by atoms with Crippen molar-refractivity contribution in [1.29, 1.82) is 0 Å². The monoisotopic (exact) mass is 282 g/mol. The van der Waals surface area contributed by atoms with Crippen LogP contribution in [0.4, 0.5) is 0 Å². The van der Waals surface area contributed by atoms with E-state index in [2.05, 4.69) is 0 Å². The third-order valence-electron chi connectivity index (χ3n) is 3.19.